The number of nitrogens with zero attached hydrogens (tertiary/aromatic N) is 1. The van der Waals surface area contributed by atoms with Crippen molar-refractivity contribution in [2.75, 3.05) is 7.11 Å². The van der Waals surface area contributed by atoms with Crippen LogP contribution in [0.15, 0.2) is 36.4 Å². The summed E-state index contributed by atoms with van der Waals surface area (Å²) < 4.78 is 5.36. The third-order valence-electron chi connectivity index (χ3n) is 3.39. The first-order valence-electron chi connectivity index (χ1n) is 6.54. The quantitative estimate of drug-likeness (QED) is 0.779. The normalized spacial score (nSPS) is 11.8. The van der Waals surface area contributed by atoms with Crippen LogP contribution >= 0.6 is 23.2 Å². The van der Waals surface area contributed by atoms with E-state index in [9.17, 15) is 5.26 Å². The van der Waals surface area contributed by atoms with Gasteiger partial charge in [0.25, 0.3) is 0 Å². The van der Waals surface area contributed by atoms with Gasteiger partial charge in [-0.1, -0.05) is 47.0 Å². The Kier molecular flexibility index (Phi) is 5.12. The van der Waals surface area contributed by atoms with Gasteiger partial charge in [-0.15, -0.1) is 0 Å². The molecule has 0 radical (unpaired) electrons. The van der Waals surface area contributed by atoms with Crippen LogP contribution in [0.1, 0.15) is 22.6 Å². The molecule has 1 unspecified atom stereocenters. The Balaban J connectivity index is 2.42. The second kappa shape index (κ2) is 6.85. The van der Waals surface area contributed by atoms with Gasteiger partial charge in [0.05, 0.1) is 19.1 Å². The highest BCUT2D eigenvalue weighted by molar-refractivity contribution is 6.36. The number of rotatable bonds is 4. The van der Waals surface area contributed by atoms with Crippen LogP contribution in [-0.4, -0.2) is 7.11 Å². The predicted molar refractivity (Wildman–Crippen MR) is 86.3 cm³/mol. The number of ether oxygens (including phenoxy) is 1. The largest absolute Gasteiger partial charge is 0.496 e. The van der Waals surface area contributed by atoms with Gasteiger partial charge in [-0.25, -0.2) is 0 Å². The van der Waals surface area contributed by atoms with Gasteiger partial charge in [-0.2, -0.15) is 5.26 Å². The number of nitriles is 1. The molecule has 0 aliphatic rings. The lowest BCUT2D eigenvalue weighted by Gasteiger charge is -2.16. The molecular formula is C17H15Cl2NO. The van der Waals surface area contributed by atoms with E-state index in [1.165, 1.54) is 0 Å². The van der Waals surface area contributed by atoms with Crippen LogP contribution in [0.25, 0.3) is 0 Å². The molecule has 0 aliphatic heterocycles. The molecule has 0 heterocycles. The SMILES string of the molecule is COc1ccc(C)cc1C(C#N)Cc1c(Cl)cccc1Cl. The molecule has 2 rings (SSSR count). The molecule has 2 aromatic rings. The molecule has 0 bridgehead atoms. The van der Waals surface area contributed by atoms with E-state index in [1.807, 2.05) is 25.1 Å². The number of hydrogen-bond acceptors (Lipinski definition) is 2. The lowest BCUT2D eigenvalue weighted by Crippen LogP contribution is -2.04. The summed E-state index contributed by atoms with van der Waals surface area (Å²) in [6.45, 7) is 1.99. The minimum Gasteiger partial charge on any atom is -0.496 e. The van der Waals surface area contributed by atoms with Gasteiger partial charge in [0.15, 0.2) is 0 Å². The highest BCUT2D eigenvalue weighted by atomic mass is 35.5. The van der Waals surface area contributed by atoms with Gasteiger partial charge < -0.3 is 4.74 Å². The summed E-state index contributed by atoms with van der Waals surface area (Å²) in [4.78, 5) is 0. The van der Waals surface area contributed by atoms with Gasteiger partial charge in [0, 0.05) is 15.6 Å². The highest BCUT2D eigenvalue weighted by Crippen LogP contribution is 2.34. The standard InChI is InChI=1S/C17H15Cl2NO/c1-11-6-7-17(21-2)13(8-11)12(10-20)9-14-15(18)4-3-5-16(14)19/h3-8,12H,9H2,1-2H3. The molecule has 2 nitrogen and oxygen atoms in total. The fourth-order valence-corrected chi connectivity index (χ4v) is 2.83. The van der Waals surface area contributed by atoms with Crippen LogP contribution in [0.2, 0.25) is 10.0 Å². The summed E-state index contributed by atoms with van der Waals surface area (Å²) in [5, 5.41) is 10.7. The van der Waals surface area contributed by atoms with Crippen LogP contribution in [0.3, 0.4) is 0 Å². The fraction of sp³-hybridized carbons (Fsp3) is 0.235. The van der Waals surface area contributed by atoms with Crippen molar-refractivity contribution >= 4 is 23.2 Å². The van der Waals surface area contributed by atoms with Gasteiger partial charge in [-0.05, 0) is 37.1 Å². The van der Waals surface area contributed by atoms with E-state index < -0.39 is 0 Å². The smallest absolute Gasteiger partial charge is 0.123 e. The molecule has 21 heavy (non-hydrogen) atoms. The maximum atomic E-state index is 9.54. The number of benzene rings is 2. The maximum Gasteiger partial charge on any atom is 0.123 e. The van der Waals surface area contributed by atoms with E-state index >= 15 is 0 Å². The molecule has 1 atom stereocenters. The zero-order valence-corrected chi connectivity index (χ0v) is 13.4. The van der Waals surface area contributed by atoms with E-state index in [2.05, 4.69) is 6.07 Å². The van der Waals surface area contributed by atoms with Crippen LogP contribution in [0.4, 0.5) is 0 Å². The van der Waals surface area contributed by atoms with Crippen molar-refractivity contribution in [2.45, 2.75) is 19.3 Å². The summed E-state index contributed by atoms with van der Waals surface area (Å²) in [7, 11) is 1.60. The minimum absolute atomic E-state index is 0.364. The lowest BCUT2D eigenvalue weighted by atomic mass is 9.91. The zero-order valence-electron chi connectivity index (χ0n) is 11.9. The van der Waals surface area contributed by atoms with Gasteiger partial charge >= 0.3 is 0 Å². The number of halogens is 2. The Morgan fingerprint density at radius 3 is 2.43 bits per heavy atom. The Morgan fingerprint density at radius 2 is 1.86 bits per heavy atom. The van der Waals surface area contributed by atoms with E-state index in [-0.39, 0.29) is 5.92 Å². The maximum absolute atomic E-state index is 9.54. The molecule has 0 aliphatic carbocycles. The second-order valence-corrected chi connectivity index (χ2v) is 5.65. The van der Waals surface area contributed by atoms with Gasteiger partial charge in [0.1, 0.15) is 5.75 Å². The van der Waals surface area contributed by atoms with Crippen molar-refractivity contribution in [1.82, 2.24) is 0 Å². The summed E-state index contributed by atoms with van der Waals surface area (Å²) in [5.41, 5.74) is 2.73. The predicted octanol–water partition coefficient (Wildman–Crippen LogP) is 5.16. The van der Waals surface area contributed by atoms with E-state index in [0.717, 1.165) is 16.7 Å². The van der Waals surface area contributed by atoms with E-state index in [4.69, 9.17) is 27.9 Å². The molecule has 0 N–H and O–H groups in total. The zero-order chi connectivity index (χ0) is 15.4. The second-order valence-electron chi connectivity index (χ2n) is 4.83. The number of methoxy groups -OCH3 is 1. The topological polar surface area (TPSA) is 33.0 Å². The average molecular weight is 320 g/mol. The first kappa shape index (κ1) is 15.7. The first-order valence-corrected chi connectivity index (χ1v) is 7.29. The van der Waals surface area contributed by atoms with Crippen molar-refractivity contribution in [2.24, 2.45) is 0 Å². The van der Waals surface area contributed by atoms with Crippen LogP contribution in [0.5, 0.6) is 5.75 Å². The van der Waals surface area contributed by atoms with Gasteiger partial charge in [0.2, 0.25) is 0 Å². The molecule has 0 fully saturated rings. The Bertz CT molecular complexity index is 671. The number of hydrogen-bond donors (Lipinski definition) is 0. The van der Waals surface area contributed by atoms with Crippen molar-refractivity contribution in [3.8, 4) is 11.8 Å². The van der Waals surface area contributed by atoms with Crippen molar-refractivity contribution in [3.63, 3.8) is 0 Å². The molecule has 0 amide bonds. The first-order chi connectivity index (χ1) is 10.1. The lowest BCUT2D eigenvalue weighted by molar-refractivity contribution is 0.408. The summed E-state index contributed by atoms with van der Waals surface area (Å²) in [5.74, 6) is 0.340. The Labute approximate surface area is 134 Å². The van der Waals surface area contributed by atoms with E-state index in [1.54, 1.807) is 25.3 Å². The summed E-state index contributed by atoms with van der Waals surface area (Å²) in [6, 6.07) is 13.5. The molecule has 108 valence electrons. The van der Waals surface area contributed by atoms with Gasteiger partial charge in [-0.3, -0.25) is 0 Å². The Hall–Kier alpha value is -1.69. The molecule has 0 aromatic heterocycles. The minimum atomic E-state index is -0.364. The van der Waals surface area contributed by atoms with Crippen LogP contribution in [0, 0.1) is 18.3 Å². The van der Waals surface area contributed by atoms with Crippen LogP contribution in [-0.2, 0) is 6.42 Å². The highest BCUT2D eigenvalue weighted by Gasteiger charge is 2.19. The molecule has 2 aromatic carbocycles. The third-order valence-corrected chi connectivity index (χ3v) is 4.09. The monoisotopic (exact) mass is 319 g/mol. The fourth-order valence-electron chi connectivity index (χ4n) is 2.28. The van der Waals surface area contributed by atoms with Crippen molar-refractivity contribution in [3.05, 3.63) is 63.1 Å². The molecule has 0 saturated carbocycles. The number of aryl methyl sites for hydroxylation is 1. The molecule has 0 saturated heterocycles. The molecule has 0 spiro atoms. The average Bonchev–Trinajstić information content (AvgIpc) is 2.47. The van der Waals surface area contributed by atoms with Crippen molar-refractivity contribution < 1.29 is 4.74 Å². The van der Waals surface area contributed by atoms with E-state index in [0.29, 0.717) is 22.2 Å². The van der Waals surface area contributed by atoms with Crippen LogP contribution < -0.4 is 4.74 Å². The molecular weight excluding hydrogens is 305 g/mol. The Morgan fingerprint density at radius 1 is 1.19 bits per heavy atom. The summed E-state index contributed by atoms with van der Waals surface area (Å²) >= 11 is 12.4. The van der Waals surface area contributed by atoms with Crippen molar-refractivity contribution in [1.29, 1.82) is 5.26 Å². The molecule has 4 heteroatoms. The summed E-state index contributed by atoms with van der Waals surface area (Å²) in [6.07, 6.45) is 0.453. The third kappa shape index (κ3) is 3.50.